The third kappa shape index (κ3) is 6.81. The first kappa shape index (κ1) is 25.2. The number of rotatable bonds is 7. The smallest absolute Gasteiger partial charge is 0.253 e. The molecule has 35 heavy (non-hydrogen) atoms. The largest absolute Gasteiger partial charge is 0.378 e. The molecule has 0 bridgehead atoms. The van der Waals surface area contributed by atoms with Crippen LogP contribution in [-0.4, -0.2) is 91.4 Å². The molecule has 2 saturated heterocycles. The van der Waals surface area contributed by atoms with Gasteiger partial charge in [-0.1, -0.05) is 54.1 Å². The summed E-state index contributed by atoms with van der Waals surface area (Å²) in [5.41, 5.74) is 1.23. The third-order valence-electron chi connectivity index (χ3n) is 6.45. The molecule has 9 heteroatoms. The molecule has 0 unspecified atom stereocenters. The molecule has 0 aromatic heterocycles. The molecule has 0 aliphatic carbocycles. The molecule has 2 aromatic rings. The van der Waals surface area contributed by atoms with Crippen molar-refractivity contribution in [1.29, 1.82) is 0 Å². The highest BCUT2D eigenvalue weighted by atomic mass is 35.5. The van der Waals surface area contributed by atoms with Crippen LogP contribution in [0.15, 0.2) is 54.6 Å². The van der Waals surface area contributed by atoms with E-state index in [2.05, 4.69) is 10.2 Å². The molecule has 1 atom stereocenters. The van der Waals surface area contributed by atoms with E-state index in [1.54, 1.807) is 24.3 Å². The number of amides is 3. The minimum Gasteiger partial charge on any atom is -0.378 e. The average Bonchev–Trinajstić information content (AvgIpc) is 2.90. The van der Waals surface area contributed by atoms with E-state index in [0.29, 0.717) is 69.6 Å². The minimum atomic E-state index is -0.478. The van der Waals surface area contributed by atoms with Crippen LogP contribution in [0, 0.1) is 0 Å². The van der Waals surface area contributed by atoms with Crippen molar-refractivity contribution in [3.05, 3.63) is 70.7 Å². The van der Waals surface area contributed by atoms with Gasteiger partial charge < -0.3 is 19.9 Å². The van der Waals surface area contributed by atoms with Crippen LogP contribution in [-0.2, 0) is 14.3 Å². The lowest BCUT2D eigenvalue weighted by atomic mass is 10.0. The molecule has 2 aliphatic rings. The van der Waals surface area contributed by atoms with Gasteiger partial charge in [0.2, 0.25) is 11.8 Å². The SMILES string of the molecule is O=C(N[C@@H](CC(=O)N1CCN(CC(=O)N2CCOCC2)CC1)c1ccccc1)c1ccccc1Cl. The van der Waals surface area contributed by atoms with Crippen molar-refractivity contribution in [3.63, 3.8) is 0 Å². The Labute approximate surface area is 210 Å². The molecular formula is C26H31ClN4O4. The van der Waals surface area contributed by atoms with Gasteiger partial charge in [-0.2, -0.15) is 0 Å². The lowest BCUT2D eigenvalue weighted by Gasteiger charge is -2.36. The first-order valence-corrected chi connectivity index (χ1v) is 12.3. The van der Waals surface area contributed by atoms with Gasteiger partial charge in [-0.25, -0.2) is 0 Å². The monoisotopic (exact) mass is 498 g/mol. The van der Waals surface area contributed by atoms with Gasteiger partial charge >= 0.3 is 0 Å². The first-order valence-electron chi connectivity index (χ1n) is 12.0. The number of piperazine rings is 1. The predicted octanol–water partition coefficient (Wildman–Crippen LogP) is 2.20. The molecule has 1 N–H and O–H groups in total. The van der Waals surface area contributed by atoms with E-state index in [1.807, 2.05) is 40.1 Å². The maximum absolute atomic E-state index is 13.2. The van der Waals surface area contributed by atoms with Crippen LogP contribution in [0.4, 0.5) is 0 Å². The molecule has 0 saturated carbocycles. The van der Waals surface area contributed by atoms with E-state index in [0.717, 1.165) is 5.56 Å². The molecule has 0 radical (unpaired) electrons. The fraction of sp³-hybridized carbons (Fsp3) is 0.423. The van der Waals surface area contributed by atoms with E-state index in [9.17, 15) is 14.4 Å². The Balaban J connectivity index is 1.34. The summed E-state index contributed by atoms with van der Waals surface area (Å²) in [7, 11) is 0. The zero-order chi connectivity index (χ0) is 24.6. The van der Waals surface area contributed by atoms with Gasteiger partial charge in [-0.15, -0.1) is 0 Å². The summed E-state index contributed by atoms with van der Waals surface area (Å²) in [4.78, 5) is 44.4. The summed E-state index contributed by atoms with van der Waals surface area (Å²) < 4.78 is 5.31. The Hall–Kier alpha value is -2.94. The molecule has 0 spiro atoms. The first-order chi connectivity index (χ1) is 17.0. The number of hydrogen-bond donors (Lipinski definition) is 1. The van der Waals surface area contributed by atoms with Crippen molar-refractivity contribution in [2.75, 3.05) is 59.0 Å². The molecule has 4 rings (SSSR count). The Kier molecular flexibility index (Phi) is 8.74. The normalized spacial score (nSPS) is 17.6. The maximum Gasteiger partial charge on any atom is 0.253 e. The van der Waals surface area contributed by atoms with Crippen LogP contribution in [0.5, 0.6) is 0 Å². The topological polar surface area (TPSA) is 82.2 Å². The van der Waals surface area contributed by atoms with E-state index in [4.69, 9.17) is 16.3 Å². The van der Waals surface area contributed by atoms with Gasteiger partial charge in [0.25, 0.3) is 5.91 Å². The second kappa shape index (κ2) is 12.2. The number of carbonyl (C=O) groups is 3. The lowest BCUT2D eigenvalue weighted by molar-refractivity contribution is -0.138. The summed E-state index contributed by atoms with van der Waals surface area (Å²) >= 11 is 6.20. The number of ether oxygens (including phenoxy) is 1. The minimum absolute atomic E-state index is 0.0301. The highest BCUT2D eigenvalue weighted by Gasteiger charge is 2.27. The maximum atomic E-state index is 13.2. The highest BCUT2D eigenvalue weighted by Crippen LogP contribution is 2.21. The van der Waals surface area contributed by atoms with Crippen LogP contribution < -0.4 is 5.32 Å². The average molecular weight is 499 g/mol. The second-order valence-electron chi connectivity index (χ2n) is 8.77. The van der Waals surface area contributed by atoms with Gasteiger partial charge in [-0.3, -0.25) is 19.3 Å². The van der Waals surface area contributed by atoms with Crippen LogP contribution in [0.3, 0.4) is 0 Å². The Morgan fingerprint density at radius 3 is 2.14 bits per heavy atom. The van der Waals surface area contributed by atoms with Crippen LogP contribution >= 0.6 is 11.6 Å². The number of hydrogen-bond acceptors (Lipinski definition) is 5. The van der Waals surface area contributed by atoms with E-state index in [1.165, 1.54) is 0 Å². The number of nitrogens with zero attached hydrogens (tertiary/aromatic N) is 3. The lowest BCUT2D eigenvalue weighted by Crippen LogP contribution is -2.53. The molecule has 3 amide bonds. The number of halogens is 1. The van der Waals surface area contributed by atoms with E-state index < -0.39 is 6.04 Å². The highest BCUT2D eigenvalue weighted by molar-refractivity contribution is 6.33. The van der Waals surface area contributed by atoms with Gasteiger partial charge in [0, 0.05) is 39.3 Å². The molecule has 2 heterocycles. The predicted molar refractivity (Wildman–Crippen MR) is 133 cm³/mol. The van der Waals surface area contributed by atoms with Crippen molar-refractivity contribution in [1.82, 2.24) is 20.0 Å². The number of benzene rings is 2. The van der Waals surface area contributed by atoms with Crippen LogP contribution in [0.2, 0.25) is 5.02 Å². The molecule has 2 aliphatic heterocycles. The van der Waals surface area contributed by atoms with Crippen molar-refractivity contribution >= 4 is 29.3 Å². The number of morpholine rings is 1. The van der Waals surface area contributed by atoms with Crippen molar-refractivity contribution < 1.29 is 19.1 Å². The molecule has 8 nitrogen and oxygen atoms in total. The Morgan fingerprint density at radius 1 is 0.829 bits per heavy atom. The van der Waals surface area contributed by atoms with Crippen LogP contribution in [0.1, 0.15) is 28.4 Å². The molecule has 186 valence electrons. The van der Waals surface area contributed by atoms with Gasteiger partial charge in [0.15, 0.2) is 0 Å². The van der Waals surface area contributed by atoms with E-state index >= 15 is 0 Å². The summed E-state index contributed by atoms with van der Waals surface area (Å²) in [5.74, 6) is -0.235. The van der Waals surface area contributed by atoms with Gasteiger partial charge in [-0.05, 0) is 17.7 Å². The fourth-order valence-electron chi connectivity index (χ4n) is 4.38. The zero-order valence-electron chi connectivity index (χ0n) is 19.7. The van der Waals surface area contributed by atoms with Gasteiger partial charge in [0.05, 0.1) is 42.8 Å². The van der Waals surface area contributed by atoms with Crippen molar-refractivity contribution in [2.24, 2.45) is 0 Å². The Morgan fingerprint density at radius 2 is 1.46 bits per heavy atom. The van der Waals surface area contributed by atoms with Crippen LogP contribution in [0.25, 0.3) is 0 Å². The summed E-state index contributed by atoms with van der Waals surface area (Å²) in [6.45, 7) is 5.20. The van der Waals surface area contributed by atoms with E-state index in [-0.39, 0.29) is 24.1 Å². The summed E-state index contributed by atoms with van der Waals surface area (Å²) in [6, 6.07) is 15.9. The quantitative estimate of drug-likeness (QED) is 0.633. The summed E-state index contributed by atoms with van der Waals surface area (Å²) in [5, 5.41) is 3.36. The fourth-order valence-corrected chi connectivity index (χ4v) is 4.60. The van der Waals surface area contributed by atoms with Crippen molar-refractivity contribution in [2.45, 2.75) is 12.5 Å². The Bertz CT molecular complexity index is 1020. The molecule has 2 fully saturated rings. The number of carbonyl (C=O) groups excluding carboxylic acids is 3. The molecule has 2 aromatic carbocycles. The molecular weight excluding hydrogens is 468 g/mol. The number of nitrogens with one attached hydrogen (secondary N) is 1. The summed E-state index contributed by atoms with van der Waals surface area (Å²) in [6.07, 6.45) is 0.146. The second-order valence-corrected chi connectivity index (χ2v) is 9.18. The zero-order valence-corrected chi connectivity index (χ0v) is 20.5. The third-order valence-corrected chi connectivity index (χ3v) is 6.78. The standard InChI is InChI=1S/C26H31ClN4O4/c27-22-9-5-4-8-21(22)26(34)28-23(20-6-2-1-3-7-20)18-24(32)30-12-10-29(11-13-30)19-25(33)31-14-16-35-17-15-31/h1-9,23H,10-19H2,(H,28,34)/t23-/m0/s1. The van der Waals surface area contributed by atoms with Gasteiger partial charge in [0.1, 0.15) is 0 Å². The van der Waals surface area contributed by atoms with Crippen molar-refractivity contribution in [3.8, 4) is 0 Å².